The van der Waals surface area contributed by atoms with E-state index in [-0.39, 0.29) is 5.97 Å². The van der Waals surface area contributed by atoms with Gasteiger partial charge in [-0.25, -0.2) is 4.79 Å². The minimum atomic E-state index is -0.362. The Morgan fingerprint density at radius 3 is 2.94 bits per heavy atom. The van der Waals surface area contributed by atoms with E-state index in [1.807, 2.05) is 0 Å². The highest BCUT2D eigenvalue weighted by Crippen LogP contribution is 2.16. The summed E-state index contributed by atoms with van der Waals surface area (Å²) in [4.78, 5) is 11.3. The van der Waals surface area contributed by atoms with Crippen LogP contribution in [0.5, 0.6) is 0 Å². The standard InChI is InChI=1S/C11H15NO4/c1-7-10(11(13)14-2)3-9(16-7)4-12-8-5-15-6-8/h3,8,12H,4-6H2,1-2H3. The summed E-state index contributed by atoms with van der Waals surface area (Å²) in [5.41, 5.74) is 0.490. The number of nitrogens with one attached hydrogen (secondary N) is 1. The summed E-state index contributed by atoms with van der Waals surface area (Å²) in [6.45, 7) is 3.83. The molecule has 0 amide bonds. The SMILES string of the molecule is COC(=O)c1cc(CNC2COC2)oc1C. The van der Waals surface area contributed by atoms with E-state index in [9.17, 15) is 4.79 Å². The molecule has 1 aromatic heterocycles. The van der Waals surface area contributed by atoms with Crippen LogP contribution in [-0.2, 0) is 16.0 Å². The summed E-state index contributed by atoms with van der Waals surface area (Å²) in [5, 5.41) is 3.26. The van der Waals surface area contributed by atoms with Gasteiger partial charge in [0.15, 0.2) is 0 Å². The van der Waals surface area contributed by atoms with Crippen molar-refractivity contribution in [1.29, 1.82) is 0 Å². The monoisotopic (exact) mass is 225 g/mol. The van der Waals surface area contributed by atoms with Crippen molar-refractivity contribution < 1.29 is 18.7 Å². The highest BCUT2D eigenvalue weighted by atomic mass is 16.5. The third-order valence-electron chi connectivity index (χ3n) is 2.58. The zero-order chi connectivity index (χ0) is 11.5. The smallest absolute Gasteiger partial charge is 0.341 e. The molecular weight excluding hydrogens is 210 g/mol. The minimum Gasteiger partial charge on any atom is -0.465 e. The fourth-order valence-electron chi connectivity index (χ4n) is 1.54. The second-order valence-electron chi connectivity index (χ2n) is 3.79. The van der Waals surface area contributed by atoms with Crippen LogP contribution >= 0.6 is 0 Å². The zero-order valence-corrected chi connectivity index (χ0v) is 9.41. The quantitative estimate of drug-likeness (QED) is 0.770. The van der Waals surface area contributed by atoms with E-state index in [4.69, 9.17) is 9.15 Å². The molecule has 0 bridgehead atoms. The molecule has 5 nitrogen and oxygen atoms in total. The molecule has 1 saturated heterocycles. The second kappa shape index (κ2) is 4.67. The van der Waals surface area contributed by atoms with Gasteiger partial charge < -0.3 is 19.2 Å². The fraction of sp³-hybridized carbons (Fsp3) is 0.545. The predicted octanol–water partition coefficient (Wildman–Crippen LogP) is 0.863. The number of carbonyl (C=O) groups is 1. The molecule has 0 atom stereocenters. The van der Waals surface area contributed by atoms with Gasteiger partial charge >= 0.3 is 5.97 Å². The first-order valence-electron chi connectivity index (χ1n) is 5.19. The van der Waals surface area contributed by atoms with E-state index < -0.39 is 0 Å². The topological polar surface area (TPSA) is 60.7 Å². The Morgan fingerprint density at radius 2 is 2.38 bits per heavy atom. The van der Waals surface area contributed by atoms with Crippen molar-refractivity contribution >= 4 is 5.97 Å². The van der Waals surface area contributed by atoms with Crippen LogP contribution in [0.4, 0.5) is 0 Å². The molecule has 0 unspecified atom stereocenters. The Hall–Kier alpha value is -1.33. The maximum atomic E-state index is 11.3. The Labute approximate surface area is 93.7 Å². The second-order valence-corrected chi connectivity index (χ2v) is 3.79. The Kier molecular flexibility index (Phi) is 3.26. The molecule has 2 heterocycles. The number of aryl methyl sites for hydroxylation is 1. The molecule has 1 aliphatic rings. The molecule has 2 rings (SSSR count). The van der Waals surface area contributed by atoms with E-state index in [0.717, 1.165) is 19.0 Å². The molecular formula is C11H15NO4. The van der Waals surface area contributed by atoms with Crippen molar-refractivity contribution in [3.8, 4) is 0 Å². The Morgan fingerprint density at radius 1 is 1.62 bits per heavy atom. The van der Waals surface area contributed by atoms with Crippen LogP contribution < -0.4 is 5.32 Å². The summed E-state index contributed by atoms with van der Waals surface area (Å²) in [6.07, 6.45) is 0. The molecule has 88 valence electrons. The van der Waals surface area contributed by atoms with Crippen molar-refractivity contribution in [3.63, 3.8) is 0 Å². The van der Waals surface area contributed by atoms with Gasteiger partial charge in [-0.15, -0.1) is 0 Å². The van der Waals surface area contributed by atoms with Gasteiger partial charge in [0.25, 0.3) is 0 Å². The largest absolute Gasteiger partial charge is 0.465 e. The first-order chi connectivity index (χ1) is 7.70. The Bertz CT molecular complexity index is 381. The maximum Gasteiger partial charge on any atom is 0.341 e. The number of carbonyl (C=O) groups excluding carboxylic acids is 1. The normalized spacial score (nSPS) is 15.9. The predicted molar refractivity (Wildman–Crippen MR) is 56.2 cm³/mol. The zero-order valence-electron chi connectivity index (χ0n) is 9.41. The molecule has 5 heteroatoms. The molecule has 0 saturated carbocycles. The van der Waals surface area contributed by atoms with Crippen molar-refractivity contribution in [2.45, 2.75) is 19.5 Å². The van der Waals surface area contributed by atoms with E-state index in [1.165, 1.54) is 7.11 Å². The van der Waals surface area contributed by atoms with Crippen LogP contribution in [0.1, 0.15) is 21.9 Å². The number of furan rings is 1. The summed E-state index contributed by atoms with van der Waals surface area (Å²) >= 11 is 0. The summed E-state index contributed by atoms with van der Waals surface area (Å²) in [6, 6.07) is 2.11. The molecule has 0 spiro atoms. The van der Waals surface area contributed by atoms with Gasteiger partial charge in [-0.2, -0.15) is 0 Å². The number of methoxy groups -OCH3 is 1. The van der Waals surface area contributed by atoms with Crippen molar-refractivity contribution in [3.05, 3.63) is 23.2 Å². The Balaban J connectivity index is 1.96. The van der Waals surface area contributed by atoms with Crippen LogP contribution in [0.3, 0.4) is 0 Å². The van der Waals surface area contributed by atoms with Crippen molar-refractivity contribution in [2.75, 3.05) is 20.3 Å². The van der Waals surface area contributed by atoms with Crippen LogP contribution in [0, 0.1) is 6.92 Å². The van der Waals surface area contributed by atoms with Gasteiger partial charge in [0.05, 0.1) is 32.9 Å². The van der Waals surface area contributed by atoms with E-state index in [2.05, 4.69) is 10.1 Å². The number of rotatable bonds is 4. The van der Waals surface area contributed by atoms with E-state index in [1.54, 1.807) is 13.0 Å². The third-order valence-corrected chi connectivity index (χ3v) is 2.58. The lowest BCUT2D eigenvalue weighted by molar-refractivity contribution is -0.00643. The number of ether oxygens (including phenoxy) is 2. The lowest BCUT2D eigenvalue weighted by Gasteiger charge is -2.26. The number of hydrogen-bond acceptors (Lipinski definition) is 5. The van der Waals surface area contributed by atoms with Gasteiger partial charge in [-0.05, 0) is 13.0 Å². The molecule has 1 N–H and O–H groups in total. The van der Waals surface area contributed by atoms with Crippen LogP contribution in [0.25, 0.3) is 0 Å². The van der Waals surface area contributed by atoms with Gasteiger partial charge in [-0.3, -0.25) is 0 Å². The van der Waals surface area contributed by atoms with Gasteiger partial charge in [-0.1, -0.05) is 0 Å². The molecule has 1 aromatic rings. The molecule has 1 aliphatic heterocycles. The first kappa shape index (κ1) is 11.2. The average molecular weight is 225 g/mol. The van der Waals surface area contributed by atoms with E-state index >= 15 is 0 Å². The van der Waals surface area contributed by atoms with Crippen LogP contribution in [-0.4, -0.2) is 32.3 Å². The summed E-state index contributed by atoms with van der Waals surface area (Å²) in [5.74, 6) is 0.970. The fourth-order valence-corrected chi connectivity index (χ4v) is 1.54. The minimum absolute atomic E-state index is 0.362. The van der Waals surface area contributed by atoms with Crippen molar-refractivity contribution in [2.24, 2.45) is 0 Å². The summed E-state index contributed by atoms with van der Waals surface area (Å²) in [7, 11) is 1.36. The van der Waals surface area contributed by atoms with Gasteiger partial charge in [0.2, 0.25) is 0 Å². The van der Waals surface area contributed by atoms with Gasteiger partial charge in [0.1, 0.15) is 17.1 Å². The van der Waals surface area contributed by atoms with Crippen LogP contribution in [0.2, 0.25) is 0 Å². The lowest BCUT2D eigenvalue weighted by atomic mass is 10.2. The maximum absolute atomic E-state index is 11.3. The summed E-state index contributed by atoms with van der Waals surface area (Å²) < 4.78 is 15.1. The first-order valence-corrected chi connectivity index (χ1v) is 5.19. The molecule has 1 fully saturated rings. The van der Waals surface area contributed by atoms with Crippen LogP contribution in [0.15, 0.2) is 10.5 Å². The number of esters is 1. The molecule has 0 aliphatic carbocycles. The molecule has 0 aromatic carbocycles. The van der Waals surface area contributed by atoms with Crippen molar-refractivity contribution in [1.82, 2.24) is 5.32 Å². The highest BCUT2D eigenvalue weighted by Gasteiger charge is 2.19. The average Bonchev–Trinajstić information content (AvgIpc) is 2.56. The lowest BCUT2D eigenvalue weighted by Crippen LogP contribution is -2.45. The molecule has 16 heavy (non-hydrogen) atoms. The molecule has 0 radical (unpaired) electrons. The highest BCUT2D eigenvalue weighted by molar-refractivity contribution is 5.90. The van der Waals surface area contributed by atoms with E-state index in [0.29, 0.717) is 23.9 Å². The third kappa shape index (κ3) is 2.25. The number of hydrogen-bond donors (Lipinski definition) is 1. The van der Waals surface area contributed by atoms with Gasteiger partial charge in [0, 0.05) is 0 Å².